The SMILES string of the molecule is CCCCCCC(Oc1ccc2oc3c(c2c1)CCCC3)C(=O)OCC. The van der Waals surface area contributed by atoms with Crippen LogP contribution in [0.3, 0.4) is 0 Å². The van der Waals surface area contributed by atoms with Crippen molar-refractivity contribution in [1.82, 2.24) is 0 Å². The molecule has 4 nitrogen and oxygen atoms in total. The van der Waals surface area contributed by atoms with E-state index in [0.717, 1.165) is 48.2 Å². The lowest BCUT2D eigenvalue weighted by Gasteiger charge is -2.18. The summed E-state index contributed by atoms with van der Waals surface area (Å²) < 4.78 is 17.3. The van der Waals surface area contributed by atoms with Crippen LogP contribution in [0.4, 0.5) is 0 Å². The van der Waals surface area contributed by atoms with E-state index < -0.39 is 6.10 Å². The summed E-state index contributed by atoms with van der Waals surface area (Å²) in [5.41, 5.74) is 2.23. The van der Waals surface area contributed by atoms with Gasteiger partial charge in [0.25, 0.3) is 0 Å². The maximum absolute atomic E-state index is 12.3. The van der Waals surface area contributed by atoms with Crippen LogP contribution < -0.4 is 4.74 Å². The Bertz CT molecular complexity index is 731. The van der Waals surface area contributed by atoms with Crippen molar-refractivity contribution in [2.24, 2.45) is 0 Å². The molecular weight excluding hydrogens is 328 g/mol. The van der Waals surface area contributed by atoms with Gasteiger partial charge in [0.15, 0.2) is 6.10 Å². The number of fused-ring (bicyclic) bond motifs is 3. The number of rotatable bonds is 9. The molecule has 1 atom stereocenters. The Hall–Kier alpha value is -1.97. The lowest BCUT2D eigenvalue weighted by molar-refractivity contribution is -0.151. The molecule has 0 saturated carbocycles. The average molecular weight is 358 g/mol. The Kier molecular flexibility index (Phi) is 6.59. The second kappa shape index (κ2) is 9.11. The van der Waals surface area contributed by atoms with Gasteiger partial charge in [0.1, 0.15) is 17.1 Å². The van der Waals surface area contributed by atoms with Gasteiger partial charge < -0.3 is 13.9 Å². The average Bonchev–Trinajstić information content (AvgIpc) is 3.02. The van der Waals surface area contributed by atoms with Crippen LogP contribution in [0.1, 0.15) is 70.1 Å². The van der Waals surface area contributed by atoms with E-state index in [1.165, 1.54) is 31.2 Å². The molecule has 1 aromatic heterocycles. The number of hydrogen-bond acceptors (Lipinski definition) is 4. The summed E-state index contributed by atoms with van der Waals surface area (Å²) in [5, 5.41) is 1.13. The van der Waals surface area contributed by atoms with Gasteiger partial charge in [0, 0.05) is 17.4 Å². The molecule has 0 bridgehead atoms. The third-order valence-electron chi connectivity index (χ3n) is 5.07. The van der Waals surface area contributed by atoms with E-state index in [1.807, 2.05) is 25.1 Å². The zero-order valence-electron chi connectivity index (χ0n) is 16.0. The molecule has 0 radical (unpaired) electrons. The normalized spacial score (nSPS) is 14.8. The number of ether oxygens (including phenoxy) is 2. The number of benzene rings is 1. The summed E-state index contributed by atoms with van der Waals surface area (Å²) in [6.45, 7) is 4.39. The van der Waals surface area contributed by atoms with Crippen molar-refractivity contribution < 1.29 is 18.7 Å². The first-order valence-corrected chi connectivity index (χ1v) is 10.1. The number of esters is 1. The van der Waals surface area contributed by atoms with E-state index in [1.54, 1.807) is 0 Å². The fraction of sp³-hybridized carbons (Fsp3) is 0.591. The van der Waals surface area contributed by atoms with Crippen LogP contribution in [0.2, 0.25) is 0 Å². The fourth-order valence-corrected chi connectivity index (χ4v) is 3.70. The lowest BCUT2D eigenvalue weighted by Crippen LogP contribution is -2.29. The van der Waals surface area contributed by atoms with E-state index >= 15 is 0 Å². The molecule has 1 aliphatic rings. The highest BCUT2D eigenvalue weighted by Gasteiger charge is 2.23. The van der Waals surface area contributed by atoms with E-state index in [0.29, 0.717) is 13.0 Å². The van der Waals surface area contributed by atoms with Crippen molar-refractivity contribution in [3.63, 3.8) is 0 Å². The minimum atomic E-state index is -0.535. The number of hydrogen-bond donors (Lipinski definition) is 0. The van der Waals surface area contributed by atoms with E-state index in [4.69, 9.17) is 13.9 Å². The highest BCUT2D eigenvalue weighted by Crippen LogP contribution is 2.34. The lowest BCUT2D eigenvalue weighted by atomic mass is 9.96. The molecule has 4 heteroatoms. The zero-order chi connectivity index (χ0) is 18.4. The minimum absolute atomic E-state index is 0.265. The van der Waals surface area contributed by atoms with E-state index in [2.05, 4.69) is 6.92 Å². The molecule has 0 spiro atoms. The summed E-state index contributed by atoms with van der Waals surface area (Å²) in [5.74, 6) is 1.57. The maximum Gasteiger partial charge on any atom is 0.347 e. The largest absolute Gasteiger partial charge is 0.479 e. The van der Waals surface area contributed by atoms with Crippen LogP contribution in [-0.2, 0) is 22.4 Å². The zero-order valence-corrected chi connectivity index (χ0v) is 16.0. The van der Waals surface area contributed by atoms with Crippen molar-refractivity contribution >= 4 is 16.9 Å². The summed E-state index contributed by atoms with van der Waals surface area (Å²) in [6, 6.07) is 5.89. The van der Waals surface area contributed by atoms with Gasteiger partial charge in [-0.15, -0.1) is 0 Å². The van der Waals surface area contributed by atoms with Gasteiger partial charge in [-0.3, -0.25) is 0 Å². The molecule has 1 heterocycles. The molecule has 0 fully saturated rings. The first kappa shape index (κ1) is 18.8. The van der Waals surface area contributed by atoms with Crippen LogP contribution in [0.5, 0.6) is 5.75 Å². The Morgan fingerprint density at radius 3 is 2.81 bits per heavy atom. The van der Waals surface area contributed by atoms with Crippen molar-refractivity contribution in [2.45, 2.75) is 77.7 Å². The molecular formula is C22H30O4. The number of aryl methyl sites for hydroxylation is 2. The van der Waals surface area contributed by atoms with Gasteiger partial charge in [0.2, 0.25) is 0 Å². The Morgan fingerprint density at radius 2 is 2.00 bits per heavy atom. The Labute approximate surface area is 155 Å². The van der Waals surface area contributed by atoms with Crippen LogP contribution in [-0.4, -0.2) is 18.7 Å². The molecule has 142 valence electrons. The summed E-state index contributed by atoms with van der Waals surface area (Å²) >= 11 is 0. The molecule has 1 unspecified atom stereocenters. The fourth-order valence-electron chi connectivity index (χ4n) is 3.70. The smallest absolute Gasteiger partial charge is 0.347 e. The van der Waals surface area contributed by atoms with Crippen molar-refractivity contribution in [1.29, 1.82) is 0 Å². The molecule has 0 saturated heterocycles. The Morgan fingerprint density at radius 1 is 1.15 bits per heavy atom. The van der Waals surface area contributed by atoms with Crippen LogP contribution in [0.25, 0.3) is 11.0 Å². The van der Waals surface area contributed by atoms with Gasteiger partial charge in [-0.25, -0.2) is 4.79 Å². The number of carbonyl (C=O) groups is 1. The first-order valence-electron chi connectivity index (χ1n) is 10.1. The topological polar surface area (TPSA) is 48.7 Å². The predicted molar refractivity (Wildman–Crippen MR) is 103 cm³/mol. The van der Waals surface area contributed by atoms with Gasteiger partial charge in [0.05, 0.1) is 6.61 Å². The van der Waals surface area contributed by atoms with E-state index in [-0.39, 0.29) is 5.97 Å². The monoisotopic (exact) mass is 358 g/mol. The summed E-state index contributed by atoms with van der Waals surface area (Å²) in [4.78, 5) is 12.3. The standard InChI is InChI=1S/C22H30O4/c1-3-5-6-7-12-21(22(23)24-4-2)25-16-13-14-20-18(15-16)17-10-8-9-11-19(17)26-20/h13-15,21H,3-12H2,1-2H3. The summed E-state index contributed by atoms with van der Waals surface area (Å²) in [6.07, 6.45) is 9.08. The van der Waals surface area contributed by atoms with Gasteiger partial charge >= 0.3 is 5.97 Å². The van der Waals surface area contributed by atoms with Gasteiger partial charge in [-0.05, 0) is 57.2 Å². The van der Waals surface area contributed by atoms with Crippen LogP contribution in [0, 0.1) is 0 Å². The number of furan rings is 1. The molecule has 3 rings (SSSR count). The molecule has 0 amide bonds. The molecule has 1 aliphatic carbocycles. The van der Waals surface area contributed by atoms with E-state index in [9.17, 15) is 4.79 Å². The van der Waals surface area contributed by atoms with Crippen molar-refractivity contribution in [2.75, 3.05) is 6.61 Å². The number of carbonyl (C=O) groups excluding carboxylic acids is 1. The Balaban J connectivity index is 1.75. The molecule has 0 N–H and O–H groups in total. The third kappa shape index (κ3) is 4.40. The highest BCUT2D eigenvalue weighted by atomic mass is 16.6. The van der Waals surface area contributed by atoms with Crippen molar-refractivity contribution in [3.8, 4) is 5.75 Å². The van der Waals surface area contributed by atoms with Crippen LogP contribution in [0.15, 0.2) is 22.6 Å². The second-order valence-corrected chi connectivity index (χ2v) is 7.08. The molecule has 0 aliphatic heterocycles. The minimum Gasteiger partial charge on any atom is -0.479 e. The predicted octanol–water partition coefficient (Wildman–Crippen LogP) is 5.59. The van der Waals surface area contributed by atoms with Crippen molar-refractivity contribution in [3.05, 3.63) is 29.5 Å². The van der Waals surface area contributed by atoms with Gasteiger partial charge in [-0.1, -0.05) is 26.2 Å². The third-order valence-corrected chi connectivity index (χ3v) is 5.07. The highest BCUT2D eigenvalue weighted by molar-refractivity contribution is 5.84. The molecule has 2 aromatic rings. The van der Waals surface area contributed by atoms with Gasteiger partial charge in [-0.2, -0.15) is 0 Å². The number of unbranched alkanes of at least 4 members (excludes halogenated alkanes) is 3. The quantitative estimate of drug-likeness (QED) is 0.433. The van der Waals surface area contributed by atoms with Crippen LogP contribution >= 0.6 is 0 Å². The first-order chi connectivity index (χ1) is 12.7. The maximum atomic E-state index is 12.3. The second-order valence-electron chi connectivity index (χ2n) is 7.08. The summed E-state index contributed by atoms with van der Waals surface area (Å²) in [7, 11) is 0. The molecule has 26 heavy (non-hydrogen) atoms. The molecule has 1 aromatic carbocycles.